The van der Waals surface area contributed by atoms with Crippen LogP contribution >= 0.6 is 0 Å². The zero-order valence-electron chi connectivity index (χ0n) is 15.4. The summed E-state index contributed by atoms with van der Waals surface area (Å²) in [6.07, 6.45) is 4.73. The number of amides is 1. The summed E-state index contributed by atoms with van der Waals surface area (Å²) in [6, 6.07) is 8.00. The Hall–Kier alpha value is -3.48. The van der Waals surface area contributed by atoms with Crippen molar-refractivity contribution in [2.45, 2.75) is 20.8 Å². The lowest BCUT2D eigenvalue weighted by Crippen LogP contribution is -2.15. The van der Waals surface area contributed by atoms with Gasteiger partial charge < -0.3 is 15.2 Å². The van der Waals surface area contributed by atoms with E-state index in [1.165, 1.54) is 18.5 Å². The topological polar surface area (TPSA) is 101 Å². The molecule has 0 bridgehead atoms. The molecule has 0 fully saturated rings. The van der Waals surface area contributed by atoms with Gasteiger partial charge in [-0.1, -0.05) is 19.9 Å². The van der Waals surface area contributed by atoms with Crippen molar-refractivity contribution in [1.82, 2.24) is 4.98 Å². The Balaban J connectivity index is 0.00000126. The summed E-state index contributed by atoms with van der Waals surface area (Å²) in [7, 11) is 0. The molecule has 2 aromatic rings. The van der Waals surface area contributed by atoms with Crippen molar-refractivity contribution in [1.29, 1.82) is 0 Å². The van der Waals surface area contributed by atoms with E-state index in [1.807, 2.05) is 13.8 Å². The first-order valence-electron chi connectivity index (χ1n) is 8.53. The maximum atomic E-state index is 12.0. The number of benzene rings is 1. The van der Waals surface area contributed by atoms with E-state index < -0.39 is 5.97 Å². The molecule has 0 radical (unpaired) electrons. The number of anilines is 1. The summed E-state index contributed by atoms with van der Waals surface area (Å²) >= 11 is 0. The number of ether oxygens (including phenoxy) is 1. The van der Waals surface area contributed by atoms with E-state index in [4.69, 9.17) is 4.74 Å². The minimum Gasteiger partial charge on any atom is -0.478 e. The first kappa shape index (κ1) is 19.8. The molecule has 0 unspecified atom stereocenters. The molecule has 140 valence electrons. The molecule has 0 saturated heterocycles. The molecule has 7 heteroatoms. The number of nitrogens with zero attached hydrogens (tertiary/aromatic N) is 2. The Morgan fingerprint density at radius 1 is 1.22 bits per heavy atom. The molecule has 2 N–H and O–H groups in total. The average Bonchev–Trinajstić information content (AvgIpc) is 3.20. The van der Waals surface area contributed by atoms with E-state index in [0.717, 1.165) is 0 Å². The molecule has 27 heavy (non-hydrogen) atoms. The minimum atomic E-state index is -1.02. The molecular weight excluding hydrogens is 346 g/mol. The van der Waals surface area contributed by atoms with Gasteiger partial charge in [0.15, 0.2) is 0 Å². The van der Waals surface area contributed by atoms with Gasteiger partial charge in [-0.05, 0) is 31.2 Å². The normalized spacial score (nSPS) is 11.9. The number of hydrogen-bond donors (Lipinski definition) is 2. The molecule has 1 amide bonds. The second-order valence-electron chi connectivity index (χ2n) is 5.32. The van der Waals surface area contributed by atoms with Gasteiger partial charge in [0.25, 0.3) is 5.91 Å². The van der Waals surface area contributed by atoms with Gasteiger partial charge in [0.2, 0.25) is 0 Å². The van der Waals surface area contributed by atoms with E-state index in [0.29, 0.717) is 35.0 Å². The first-order valence-corrected chi connectivity index (χ1v) is 8.53. The fraction of sp³-hybridized carbons (Fsp3) is 0.200. The Labute approximate surface area is 157 Å². The standard InChI is InChI=1S/C18H15N3O4.C2H6/c1-11-14(18(23)24)3-2-4-15(11)25-13-6-8-20-16(9-13)21-17(22)12-5-7-19-10-12;1-2/h2-6,8-10H,7H2,1H3,(H,23,24)(H,20,21,22);1-2H3. The third kappa shape index (κ3) is 5.01. The lowest BCUT2D eigenvalue weighted by molar-refractivity contribution is -0.112. The van der Waals surface area contributed by atoms with E-state index in [9.17, 15) is 14.7 Å². The Kier molecular flexibility index (Phi) is 6.82. The summed E-state index contributed by atoms with van der Waals surface area (Å²) in [4.78, 5) is 31.3. The van der Waals surface area contributed by atoms with Crippen molar-refractivity contribution in [3.63, 3.8) is 0 Å². The quantitative estimate of drug-likeness (QED) is 0.836. The highest BCUT2D eigenvalue weighted by Gasteiger charge is 2.13. The van der Waals surface area contributed by atoms with Crippen LogP contribution in [-0.2, 0) is 4.79 Å². The molecule has 3 rings (SSSR count). The second-order valence-corrected chi connectivity index (χ2v) is 5.32. The van der Waals surface area contributed by atoms with Crippen LogP contribution in [0.5, 0.6) is 11.5 Å². The predicted octanol–water partition coefficient (Wildman–Crippen LogP) is 3.86. The Morgan fingerprint density at radius 2 is 2.00 bits per heavy atom. The fourth-order valence-electron chi connectivity index (χ4n) is 2.32. The van der Waals surface area contributed by atoms with Crippen molar-refractivity contribution in [2.24, 2.45) is 4.99 Å². The highest BCUT2D eigenvalue weighted by Crippen LogP contribution is 2.28. The molecule has 1 aliphatic rings. The first-order chi connectivity index (χ1) is 13.0. The molecule has 0 aliphatic carbocycles. The smallest absolute Gasteiger partial charge is 0.336 e. The molecule has 1 aromatic carbocycles. The van der Waals surface area contributed by atoms with Gasteiger partial charge in [0.1, 0.15) is 17.3 Å². The number of carboxylic acid groups (broad SMARTS) is 1. The number of aromatic nitrogens is 1. The highest BCUT2D eigenvalue weighted by atomic mass is 16.5. The van der Waals surface area contributed by atoms with E-state index in [1.54, 1.807) is 37.3 Å². The van der Waals surface area contributed by atoms with Gasteiger partial charge in [-0.3, -0.25) is 9.79 Å². The molecule has 1 aliphatic heterocycles. The maximum absolute atomic E-state index is 12.0. The number of aliphatic imine (C=N–C) groups is 1. The number of carbonyl (C=O) groups excluding carboxylic acids is 1. The molecule has 2 heterocycles. The van der Waals surface area contributed by atoms with Crippen LogP contribution in [0.4, 0.5) is 5.82 Å². The summed E-state index contributed by atoms with van der Waals surface area (Å²) in [5.41, 5.74) is 1.18. The second kappa shape index (κ2) is 9.28. The third-order valence-corrected chi connectivity index (χ3v) is 3.62. The zero-order valence-corrected chi connectivity index (χ0v) is 15.4. The van der Waals surface area contributed by atoms with Crippen molar-refractivity contribution in [3.05, 3.63) is 59.3 Å². The van der Waals surface area contributed by atoms with Crippen LogP contribution in [0.25, 0.3) is 0 Å². The van der Waals surface area contributed by atoms with Crippen LogP contribution in [0.2, 0.25) is 0 Å². The van der Waals surface area contributed by atoms with Crippen molar-refractivity contribution in [3.8, 4) is 11.5 Å². The molecule has 0 saturated carbocycles. The molecule has 0 atom stereocenters. The lowest BCUT2D eigenvalue weighted by Gasteiger charge is -2.11. The van der Waals surface area contributed by atoms with E-state index >= 15 is 0 Å². The number of carboxylic acids is 1. The van der Waals surface area contributed by atoms with Gasteiger partial charge >= 0.3 is 5.97 Å². The number of rotatable bonds is 5. The predicted molar refractivity (Wildman–Crippen MR) is 104 cm³/mol. The summed E-state index contributed by atoms with van der Waals surface area (Å²) in [5, 5.41) is 11.8. The van der Waals surface area contributed by atoms with Crippen molar-refractivity contribution in [2.75, 3.05) is 11.9 Å². The van der Waals surface area contributed by atoms with Gasteiger partial charge in [0.05, 0.1) is 17.7 Å². The highest BCUT2D eigenvalue weighted by molar-refractivity contribution is 6.18. The maximum Gasteiger partial charge on any atom is 0.336 e. The SMILES string of the molecule is CC.Cc1c(Oc2ccnc(NC(=O)C3=CCN=C3)c2)cccc1C(=O)O. The van der Waals surface area contributed by atoms with Crippen LogP contribution in [-0.4, -0.2) is 34.7 Å². The molecule has 7 nitrogen and oxygen atoms in total. The van der Waals surface area contributed by atoms with Gasteiger partial charge in [0, 0.05) is 24.0 Å². The Bertz CT molecular complexity index is 904. The van der Waals surface area contributed by atoms with E-state index in [2.05, 4.69) is 15.3 Å². The fourth-order valence-corrected chi connectivity index (χ4v) is 2.32. The molecule has 1 aromatic heterocycles. The number of carbonyl (C=O) groups is 2. The van der Waals surface area contributed by atoms with Gasteiger partial charge in [-0.25, -0.2) is 9.78 Å². The van der Waals surface area contributed by atoms with Crippen LogP contribution in [0.15, 0.2) is 53.2 Å². The largest absolute Gasteiger partial charge is 0.478 e. The van der Waals surface area contributed by atoms with Gasteiger partial charge in [-0.2, -0.15) is 0 Å². The average molecular weight is 367 g/mol. The van der Waals surface area contributed by atoms with Crippen molar-refractivity contribution >= 4 is 23.9 Å². The summed E-state index contributed by atoms with van der Waals surface area (Å²) in [6.45, 7) is 6.17. The monoisotopic (exact) mass is 367 g/mol. The summed E-state index contributed by atoms with van der Waals surface area (Å²) in [5.74, 6) is -0.123. The van der Waals surface area contributed by atoms with Gasteiger partial charge in [-0.15, -0.1) is 0 Å². The lowest BCUT2D eigenvalue weighted by atomic mass is 10.1. The van der Waals surface area contributed by atoms with E-state index in [-0.39, 0.29) is 11.5 Å². The zero-order chi connectivity index (χ0) is 19.8. The molecular formula is C20H21N3O4. The molecule has 0 spiro atoms. The number of pyridine rings is 1. The van der Waals surface area contributed by atoms with Crippen LogP contribution in [0.3, 0.4) is 0 Å². The number of nitrogens with one attached hydrogen (secondary N) is 1. The summed E-state index contributed by atoms with van der Waals surface area (Å²) < 4.78 is 5.75. The van der Waals surface area contributed by atoms with Crippen LogP contribution < -0.4 is 10.1 Å². The van der Waals surface area contributed by atoms with Crippen LogP contribution in [0.1, 0.15) is 29.8 Å². The number of hydrogen-bond acceptors (Lipinski definition) is 5. The minimum absolute atomic E-state index is 0.174. The third-order valence-electron chi connectivity index (χ3n) is 3.62. The number of aromatic carboxylic acids is 1. The Morgan fingerprint density at radius 3 is 2.67 bits per heavy atom. The van der Waals surface area contributed by atoms with Crippen molar-refractivity contribution < 1.29 is 19.4 Å². The van der Waals surface area contributed by atoms with Crippen LogP contribution in [0, 0.1) is 6.92 Å².